The van der Waals surface area contributed by atoms with Crippen molar-refractivity contribution in [2.45, 2.75) is 51.6 Å². The third-order valence-electron chi connectivity index (χ3n) is 10.5. The first-order valence-corrected chi connectivity index (χ1v) is 20.4. The molecule has 21 heteroatoms. The second kappa shape index (κ2) is 21.1. The van der Waals surface area contributed by atoms with E-state index in [9.17, 15) is 36.7 Å². The number of pyridine rings is 2. The summed E-state index contributed by atoms with van der Waals surface area (Å²) in [5.41, 5.74) is -0.445. The van der Waals surface area contributed by atoms with Crippen LogP contribution in [0.5, 0.6) is 0 Å². The number of carbonyl (C=O) groups excluding carboxylic acids is 1. The molecule has 0 spiro atoms. The molecule has 2 saturated heterocycles. The monoisotopic (exact) mass is 894 g/mol. The molecule has 65 heavy (non-hydrogen) atoms. The fourth-order valence-corrected chi connectivity index (χ4v) is 7.22. The van der Waals surface area contributed by atoms with E-state index in [0.29, 0.717) is 36.8 Å². The summed E-state index contributed by atoms with van der Waals surface area (Å²) in [4.78, 5) is 74.3. The number of piperazine rings is 2. The van der Waals surface area contributed by atoms with Crippen molar-refractivity contribution in [1.29, 1.82) is 10.5 Å². The number of hydrogen-bond acceptors (Lipinski definition) is 13. The molecular weight excluding hydrogens is 853 g/mol. The van der Waals surface area contributed by atoms with Gasteiger partial charge in [0.25, 0.3) is 11.1 Å². The molecule has 0 aliphatic carbocycles. The smallest absolute Gasteiger partial charge is 0.303 e. The number of carbonyl (C=O) groups is 2. The number of carboxylic acid groups (broad SMARTS) is 1. The van der Waals surface area contributed by atoms with Crippen LogP contribution in [0.25, 0.3) is 21.8 Å². The number of amides is 1. The van der Waals surface area contributed by atoms with E-state index < -0.39 is 51.1 Å². The van der Waals surface area contributed by atoms with Gasteiger partial charge >= 0.3 is 5.97 Å². The maximum atomic E-state index is 13.9. The zero-order valence-corrected chi connectivity index (χ0v) is 35.1. The number of anilines is 2. The van der Waals surface area contributed by atoms with E-state index in [1.165, 1.54) is 18.3 Å². The molecule has 17 nitrogen and oxygen atoms in total. The molecule has 2 fully saturated rings. The summed E-state index contributed by atoms with van der Waals surface area (Å²) >= 11 is 0. The van der Waals surface area contributed by atoms with Gasteiger partial charge in [-0.25, -0.2) is 37.5 Å². The van der Waals surface area contributed by atoms with Crippen LogP contribution in [0.2, 0.25) is 0 Å². The van der Waals surface area contributed by atoms with E-state index in [1.807, 2.05) is 25.1 Å². The Hall–Kier alpha value is -7.78. The minimum atomic E-state index is -1.26. The molecule has 0 bridgehead atoms. The normalized spacial score (nSPS) is 15.8. The molecule has 4 aromatic heterocycles. The minimum absolute atomic E-state index is 0.00182. The third-order valence-corrected chi connectivity index (χ3v) is 10.5. The summed E-state index contributed by atoms with van der Waals surface area (Å²) in [6.07, 6.45) is 3.25. The average molecular weight is 895 g/mol. The minimum Gasteiger partial charge on any atom is -0.481 e. The molecule has 4 N–H and O–H groups in total. The highest BCUT2D eigenvalue weighted by atomic mass is 19.2. The topological polar surface area (TPSA) is 241 Å². The lowest BCUT2D eigenvalue weighted by Gasteiger charge is -2.40. The molecule has 8 rings (SSSR count). The van der Waals surface area contributed by atoms with Gasteiger partial charge in [0.1, 0.15) is 46.2 Å². The number of aromatic amines is 2. The van der Waals surface area contributed by atoms with E-state index >= 15 is 0 Å². The van der Waals surface area contributed by atoms with Crippen molar-refractivity contribution in [1.82, 2.24) is 40.1 Å². The number of nitrogens with zero attached hydrogens (tertiary/aromatic N) is 9. The molecule has 0 radical (unpaired) electrons. The number of carboxylic acids is 1. The molecule has 336 valence electrons. The molecule has 2 aromatic carbocycles. The van der Waals surface area contributed by atoms with Gasteiger partial charge in [0.05, 0.1) is 28.6 Å². The predicted molar refractivity (Wildman–Crippen MR) is 230 cm³/mol. The fourth-order valence-electron chi connectivity index (χ4n) is 7.22. The van der Waals surface area contributed by atoms with Gasteiger partial charge in [-0.2, -0.15) is 10.5 Å². The Morgan fingerprint density at radius 1 is 0.723 bits per heavy atom. The van der Waals surface area contributed by atoms with Crippen LogP contribution in [-0.4, -0.2) is 103 Å². The number of nitriles is 2. The van der Waals surface area contributed by atoms with Crippen LogP contribution in [0.1, 0.15) is 49.5 Å². The summed E-state index contributed by atoms with van der Waals surface area (Å²) < 4.78 is 53.6. The maximum absolute atomic E-state index is 13.9. The van der Waals surface area contributed by atoms with E-state index in [1.54, 1.807) is 23.2 Å². The molecule has 2 aliphatic heterocycles. The molecule has 1 amide bonds. The first-order valence-electron chi connectivity index (χ1n) is 20.4. The second-order valence-corrected chi connectivity index (χ2v) is 15.1. The number of rotatable bonds is 8. The Balaban J connectivity index is 0.000000178. The van der Waals surface area contributed by atoms with Crippen LogP contribution < -0.4 is 26.2 Å². The number of aryl methyl sites for hydroxylation is 2. The van der Waals surface area contributed by atoms with Crippen LogP contribution in [0.15, 0.2) is 70.5 Å². The van der Waals surface area contributed by atoms with Crippen LogP contribution in [-0.2, 0) is 22.4 Å². The number of hydrogen-bond donors (Lipinski definition) is 4. The van der Waals surface area contributed by atoms with Crippen molar-refractivity contribution in [3.05, 3.63) is 128 Å². The SMILES string of the molecule is C[C@H]1CN(c2ccc(C#N)cn2)CCN1.C[C@H]1CN(c2ccc(C#N)cn2)CCN1C(=O)CCc1nc2ccc(F)c(F)c2c(=O)[nH]1.O=C(O)CCc1nc2ccc(F)c(F)c2c(=O)[nH]1. The van der Waals surface area contributed by atoms with E-state index in [4.69, 9.17) is 15.6 Å². The van der Waals surface area contributed by atoms with E-state index in [0.717, 1.165) is 43.4 Å². The zero-order valence-electron chi connectivity index (χ0n) is 35.1. The lowest BCUT2D eigenvalue weighted by molar-refractivity contribution is -0.137. The quantitative estimate of drug-likeness (QED) is 0.157. The number of nitrogens with one attached hydrogen (secondary N) is 3. The van der Waals surface area contributed by atoms with Crippen LogP contribution >= 0.6 is 0 Å². The van der Waals surface area contributed by atoms with Crippen LogP contribution in [0, 0.1) is 45.9 Å². The highest BCUT2D eigenvalue weighted by molar-refractivity contribution is 5.80. The molecular formula is C44H42F4N12O5. The van der Waals surface area contributed by atoms with E-state index in [2.05, 4.69) is 58.0 Å². The van der Waals surface area contributed by atoms with E-state index in [-0.39, 0.29) is 60.3 Å². The molecule has 6 heterocycles. The van der Waals surface area contributed by atoms with Gasteiger partial charge in [-0.1, -0.05) is 0 Å². The summed E-state index contributed by atoms with van der Waals surface area (Å²) in [6.45, 7) is 8.75. The van der Waals surface area contributed by atoms with Crippen LogP contribution in [0.3, 0.4) is 0 Å². The van der Waals surface area contributed by atoms with Gasteiger partial charge in [0, 0.05) is 83.0 Å². The van der Waals surface area contributed by atoms with Crippen molar-refractivity contribution >= 4 is 45.3 Å². The van der Waals surface area contributed by atoms with Gasteiger partial charge in [0.2, 0.25) is 5.91 Å². The summed E-state index contributed by atoms with van der Waals surface area (Å²) in [7, 11) is 0. The van der Waals surface area contributed by atoms with Crippen molar-refractivity contribution < 1.29 is 32.3 Å². The predicted octanol–water partition coefficient (Wildman–Crippen LogP) is 4.11. The summed E-state index contributed by atoms with van der Waals surface area (Å²) in [6, 6.07) is 16.0. The molecule has 0 saturated carbocycles. The standard InChI is InChI=1S/C22H20F2N6O2.C11H8F2N2O3.C11H14N4/c1-13-12-29(18-6-2-14(10-25)11-26-18)8-9-30(13)19(31)7-5-17-27-16-4-3-15(23)21(24)20(16)22(32)28-17;12-5-1-2-6-9(10(5)13)11(18)15-7(14-6)3-4-8(16)17;1-9-8-15(5-4-13-9)11-3-2-10(6-12)7-14-11/h2-4,6,11,13H,5,7-9,12H2,1H3,(H,27,28,32);1-2H,3-4H2,(H,16,17)(H,14,15,18);2-3,7,9,13H,4-5,8H2,1H3/t13-;;9-/m0.0/s1. The molecule has 0 unspecified atom stereocenters. The number of fused-ring (bicyclic) bond motifs is 2. The number of benzene rings is 2. The Kier molecular flexibility index (Phi) is 15.1. The van der Waals surface area contributed by atoms with Crippen molar-refractivity contribution in [3.8, 4) is 12.1 Å². The Morgan fingerprint density at radius 2 is 1.23 bits per heavy atom. The highest BCUT2D eigenvalue weighted by Crippen LogP contribution is 2.20. The Morgan fingerprint density at radius 3 is 1.68 bits per heavy atom. The largest absolute Gasteiger partial charge is 0.481 e. The van der Waals surface area contributed by atoms with Gasteiger partial charge in [0.15, 0.2) is 23.3 Å². The average Bonchev–Trinajstić information content (AvgIpc) is 3.30. The van der Waals surface area contributed by atoms with Crippen LogP contribution in [0.4, 0.5) is 29.2 Å². The van der Waals surface area contributed by atoms with Crippen molar-refractivity contribution in [3.63, 3.8) is 0 Å². The first-order chi connectivity index (χ1) is 31.1. The zero-order chi connectivity index (χ0) is 46.8. The molecule has 2 aliphatic rings. The van der Waals surface area contributed by atoms with Gasteiger partial charge in [-0.15, -0.1) is 0 Å². The van der Waals surface area contributed by atoms with Gasteiger partial charge in [-0.05, 0) is 62.4 Å². The number of aliphatic carboxylic acids is 1. The second-order valence-electron chi connectivity index (χ2n) is 15.1. The lowest BCUT2D eigenvalue weighted by atomic mass is 10.1. The molecule has 6 aromatic rings. The summed E-state index contributed by atoms with van der Waals surface area (Å²) in [5.74, 6) is -3.78. The molecule has 2 atom stereocenters. The Labute approximate surface area is 368 Å². The third kappa shape index (κ3) is 11.6. The first kappa shape index (κ1) is 46.7. The van der Waals surface area contributed by atoms with Crippen molar-refractivity contribution in [2.75, 3.05) is 49.1 Å². The highest BCUT2D eigenvalue weighted by Gasteiger charge is 2.28. The maximum Gasteiger partial charge on any atom is 0.303 e. The summed E-state index contributed by atoms with van der Waals surface area (Å²) in [5, 5.41) is 28.6. The lowest BCUT2D eigenvalue weighted by Crippen LogP contribution is -2.54. The number of halogens is 4. The van der Waals surface area contributed by atoms with Gasteiger partial charge in [-0.3, -0.25) is 19.2 Å². The number of aromatic nitrogens is 6. The van der Waals surface area contributed by atoms with Crippen molar-refractivity contribution in [2.24, 2.45) is 0 Å². The Bertz CT molecular complexity index is 2900. The fraction of sp³-hybridized carbons (Fsp3) is 0.318. The van der Waals surface area contributed by atoms with Gasteiger partial charge < -0.3 is 35.1 Å². The number of H-pyrrole nitrogens is 2.